The predicted molar refractivity (Wildman–Crippen MR) is 75.2 cm³/mol. The quantitative estimate of drug-likeness (QED) is 0.677. The molecule has 20 heavy (non-hydrogen) atoms. The molecule has 0 radical (unpaired) electrons. The van der Waals surface area contributed by atoms with Crippen LogP contribution in [0.1, 0.15) is 12.0 Å². The first-order chi connectivity index (χ1) is 9.88. The number of aryl methyl sites for hydroxylation is 1. The Hall–Kier alpha value is -2.94. The second-order valence-electron chi connectivity index (χ2n) is 4.29. The van der Waals surface area contributed by atoms with Gasteiger partial charge in [0.25, 0.3) is 0 Å². The van der Waals surface area contributed by atoms with Crippen LogP contribution >= 0.6 is 0 Å². The highest BCUT2D eigenvalue weighted by Gasteiger charge is 2.06. The third kappa shape index (κ3) is 2.29. The van der Waals surface area contributed by atoms with Crippen LogP contribution < -0.4 is 0 Å². The minimum atomic E-state index is 0.487. The second kappa shape index (κ2) is 5.36. The number of aromatic nitrogens is 4. The van der Waals surface area contributed by atoms with Crippen LogP contribution in [0.5, 0.6) is 0 Å². The molecule has 0 spiro atoms. The molecule has 6 heteroatoms. The van der Waals surface area contributed by atoms with Crippen molar-refractivity contribution in [1.29, 1.82) is 5.26 Å². The lowest BCUT2D eigenvalue weighted by Gasteiger charge is -2.00. The number of nitriles is 1. The monoisotopic (exact) mass is 264 g/mol. The number of fused-ring (bicyclic) bond motifs is 1. The molecule has 0 saturated carbocycles. The maximum atomic E-state index is 8.73. The van der Waals surface area contributed by atoms with Crippen molar-refractivity contribution in [3.05, 3.63) is 48.7 Å². The molecule has 0 amide bonds. The van der Waals surface area contributed by atoms with E-state index in [1.54, 1.807) is 10.9 Å². The Bertz CT molecular complexity index is 776. The van der Waals surface area contributed by atoms with Crippen molar-refractivity contribution in [3.8, 4) is 6.07 Å². The number of nitrogens with zero attached hydrogens (tertiary/aromatic N) is 6. The third-order valence-electron chi connectivity index (χ3n) is 3.02. The molecule has 0 fully saturated rings. The second-order valence-corrected chi connectivity index (χ2v) is 4.29. The van der Waals surface area contributed by atoms with E-state index in [9.17, 15) is 0 Å². The lowest BCUT2D eigenvalue weighted by Crippen LogP contribution is -1.94. The number of para-hydroxylation sites is 1. The average Bonchev–Trinajstić information content (AvgIpc) is 3.11. The lowest BCUT2D eigenvalue weighted by molar-refractivity contribution is 0.744. The zero-order valence-electron chi connectivity index (χ0n) is 10.7. The average molecular weight is 264 g/mol. The SMILES string of the molecule is N#CCCn1cc(/C=N\n2cnnc2)c2ccccc21. The van der Waals surface area contributed by atoms with Crippen LogP contribution in [0, 0.1) is 11.3 Å². The molecule has 0 N–H and O–H groups in total. The van der Waals surface area contributed by atoms with E-state index in [1.165, 1.54) is 12.7 Å². The number of benzene rings is 1. The van der Waals surface area contributed by atoms with Gasteiger partial charge in [-0.2, -0.15) is 10.4 Å². The van der Waals surface area contributed by atoms with Crippen molar-refractivity contribution in [2.75, 3.05) is 0 Å². The van der Waals surface area contributed by atoms with E-state index in [2.05, 4.69) is 25.9 Å². The highest BCUT2D eigenvalue weighted by Crippen LogP contribution is 2.20. The standard InChI is InChI=1S/C14H12N6/c15-6-3-7-19-9-12(8-18-20-10-16-17-11-20)13-4-1-2-5-14(13)19/h1-2,4-5,8-11H,3,7H2/b18-8-. The summed E-state index contributed by atoms with van der Waals surface area (Å²) in [6, 6.07) is 10.2. The fourth-order valence-corrected chi connectivity index (χ4v) is 2.12. The molecule has 3 rings (SSSR count). The lowest BCUT2D eigenvalue weighted by atomic mass is 10.2. The fourth-order valence-electron chi connectivity index (χ4n) is 2.12. The Morgan fingerprint density at radius 3 is 2.85 bits per heavy atom. The van der Waals surface area contributed by atoms with Gasteiger partial charge in [-0.15, -0.1) is 10.2 Å². The van der Waals surface area contributed by atoms with Gasteiger partial charge in [0.1, 0.15) is 12.7 Å². The molecule has 1 aromatic carbocycles. The van der Waals surface area contributed by atoms with Gasteiger partial charge in [0, 0.05) is 29.2 Å². The molecule has 6 nitrogen and oxygen atoms in total. The minimum Gasteiger partial charge on any atom is -0.346 e. The first-order valence-corrected chi connectivity index (χ1v) is 6.22. The first kappa shape index (κ1) is 12.1. The van der Waals surface area contributed by atoms with E-state index < -0.39 is 0 Å². The van der Waals surface area contributed by atoms with E-state index in [0.29, 0.717) is 13.0 Å². The fraction of sp³-hybridized carbons (Fsp3) is 0.143. The normalized spacial score (nSPS) is 11.2. The van der Waals surface area contributed by atoms with Gasteiger partial charge in [-0.25, -0.2) is 4.68 Å². The highest BCUT2D eigenvalue weighted by molar-refractivity contribution is 5.99. The maximum absolute atomic E-state index is 8.73. The largest absolute Gasteiger partial charge is 0.346 e. The minimum absolute atomic E-state index is 0.487. The molecule has 2 aromatic heterocycles. The van der Waals surface area contributed by atoms with Crippen molar-refractivity contribution < 1.29 is 0 Å². The summed E-state index contributed by atoms with van der Waals surface area (Å²) < 4.78 is 3.62. The van der Waals surface area contributed by atoms with Crippen LogP contribution in [0.2, 0.25) is 0 Å². The van der Waals surface area contributed by atoms with Gasteiger partial charge in [0.15, 0.2) is 0 Å². The summed E-state index contributed by atoms with van der Waals surface area (Å²) in [5.41, 5.74) is 2.11. The van der Waals surface area contributed by atoms with Gasteiger partial charge in [0.2, 0.25) is 0 Å². The maximum Gasteiger partial charge on any atom is 0.141 e. The van der Waals surface area contributed by atoms with Crippen LogP contribution in [0.4, 0.5) is 0 Å². The van der Waals surface area contributed by atoms with E-state index in [0.717, 1.165) is 16.5 Å². The van der Waals surface area contributed by atoms with Gasteiger partial charge in [0.05, 0.1) is 18.7 Å². The third-order valence-corrected chi connectivity index (χ3v) is 3.02. The molecular formula is C14H12N6. The summed E-state index contributed by atoms with van der Waals surface area (Å²) in [4.78, 5) is 0. The topological polar surface area (TPSA) is 71.8 Å². The zero-order chi connectivity index (χ0) is 13.8. The zero-order valence-corrected chi connectivity index (χ0v) is 10.7. The molecule has 2 heterocycles. The van der Waals surface area contributed by atoms with Crippen molar-refractivity contribution in [2.24, 2.45) is 5.10 Å². The molecule has 0 aliphatic carbocycles. The molecule has 0 atom stereocenters. The molecule has 98 valence electrons. The molecule has 0 saturated heterocycles. The molecule has 0 aliphatic rings. The Kier molecular flexibility index (Phi) is 3.25. The molecule has 0 bridgehead atoms. The summed E-state index contributed by atoms with van der Waals surface area (Å²) >= 11 is 0. The van der Waals surface area contributed by atoms with E-state index in [4.69, 9.17) is 5.26 Å². The first-order valence-electron chi connectivity index (χ1n) is 6.22. The van der Waals surface area contributed by atoms with Crippen LogP contribution in [0.25, 0.3) is 10.9 Å². The van der Waals surface area contributed by atoms with Gasteiger partial charge in [-0.3, -0.25) is 0 Å². The van der Waals surface area contributed by atoms with Crippen LogP contribution in [0.3, 0.4) is 0 Å². The predicted octanol–water partition coefficient (Wildman–Crippen LogP) is 2.03. The summed E-state index contributed by atoms with van der Waals surface area (Å²) in [5.74, 6) is 0. The van der Waals surface area contributed by atoms with Crippen molar-refractivity contribution in [2.45, 2.75) is 13.0 Å². The summed E-state index contributed by atoms with van der Waals surface area (Å²) in [7, 11) is 0. The number of hydrogen-bond acceptors (Lipinski definition) is 4. The molecule has 3 aromatic rings. The van der Waals surface area contributed by atoms with Gasteiger partial charge >= 0.3 is 0 Å². The summed E-state index contributed by atoms with van der Waals surface area (Å²) in [6.07, 6.45) is 7.34. The highest BCUT2D eigenvalue weighted by atomic mass is 15.4. The van der Waals surface area contributed by atoms with Crippen molar-refractivity contribution >= 4 is 17.1 Å². The number of rotatable bonds is 4. The summed E-state index contributed by atoms with van der Waals surface area (Å²) in [6.45, 7) is 0.678. The molecule has 0 aliphatic heterocycles. The van der Waals surface area contributed by atoms with Gasteiger partial charge in [-0.1, -0.05) is 18.2 Å². The molecular weight excluding hydrogens is 252 g/mol. The van der Waals surface area contributed by atoms with E-state index in [-0.39, 0.29) is 0 Å². The van der Waals surface area contributed by atoms with Crippen LogP contribution in [0.15, 0.2) is 48.2 Å². The van der Waals surface area contributed by atoms with E-state index in [1.807, 2.05) is 30.5 Å². The Labute approximate surface area is 115 Å². The molecule has 0 unspecified atom stereocenters. The Morgan fingerprint density at radius 1 is 1.25 bits per heavy atom. The van der Waals surface area contributed by atoms with Crippen LogP contribution in [-0.2, 0) is 6.54 Å². The van der Waals surface area contributed by atoms with E-state index >= 15 is 0 Å². The Balaban J connectivity index is 2.00. The van der Waals surface area contributed by atoms with Crippen LogP contribution in [-0.4, -0.2) is 25.7 Å². The summed E-state index contributed by atoms with van der Waals surface area (Å²) in [5, 5.41) is 21.5. The number of hydrogen-bond donors (Lipinski definition) is 0. The Morgan fingerprint density at radius 2 is 2.05 bits per heavy atom. The van der Waals surface area contributed by atoms with Crippen molar-refractivity contribution in [3.63, 3.8) is 0 Å². The van der Waals surface area contributed by atoms with Gasteiger partial charge < -0.3 is 4.57 Å². The van der Waals surface area contributed by atoms with Crippen molar-refractivity contribution in [1.82, 2.24) is 19.4 Å². The van der Waals surface area contributed by atoms with Gasteiger partial charge in [-0.05, 0) is 6.07 Å². The smallest absolute Gasteiger partial charge is 0.141 e.